The highest BCUT2D eigenvalue weighted by Gasteiger charge is 2.56. The number of likely N-dealkylation sites (tertiary alicyclic amines) is 1. The Bertz CT molecular complexity index is 1230. The van der Waals surface area contributed by atoms with Crippen molar-refractivity contribution in [3.05, 3.63) is 23.7 Å². The largest absolute Gasteiger partial charge is 0.476 e. The van der Waals surface area contributed by atoms with Crippen LogP contribution in [-0.4, -0.2) is 76.9 Å². The molecular weight excluding hydrogens is 522 g/mol. The maximum absolute atomic E-state index is 13.1. The molecule has 3 N–H and O–H groups in total. The molecule has 0 radical (unpaired) electrons. The number of oxime groups is 1. The molecule has 1 unspecified atom stereocenters. The molecular formula is C30H43N7O4. The highest BCUT2D eigenvalue weighted by Crippen LogP contribution is 2.51. The fourth-order valence-corrected chi connectivity index (χ4v) is 6.70. The van der Waals surface area contributed by atoms with Crippen LogP contribution in [0.2, 0.25) is 0 Å². The minimum atomic E-state index is -0.460. The standard InChI is InChI=1S/C30H43N7O4/c1-19(2)33-25(39)16-20(31)11-14-32-24-17-26(40-18-21-8-7-15-37(21)3)35-29(34-24)27-22-9-6-13-30(28(22)41-36-27)12-5-4-10-23(30)38/h11,14,17,19,21-22,28H,4-10,12-13,15-16,18,31H2,1-3H3,(H,33,39)/b20-11-,32-14+/t21-,22?,28+,30+/m0/s1. The SMILES string of the molecule is CC(C)NC(=O)C/C(N)=C/C=N/c1cc(OC[C@@H]2CCCN2C)nc(C2=NO[C@@H]3C2CCC[C@@]32CCCCC2=O)n1. The Morgan fingerprint density at radius 2 is 2.10 bits per heavy atom. The molecule has 1 amide bonds. The highest BCUT2D eigenvalue weighted by molar-refractivity contribution is 6.01. The summed E-state index contributed by atoms with van der Waals surface area (Å²) in [6, 6.07) is 2.07. The molecule has 1 spiro atoms. The molecule has 11 nitrogen and oxygen atoms in total. The van der Waals surface area contributed by atoms with E-state index in [1.54, 1.807) is 12.1 Å². The van der Waals surface area contributed by atoms with Crippen LogP contribution >= 0.6 is 0 Å². The Labute approximate surface area is 242 Å². The van der Waals surface area contributed by atoms with Crippen molar-refractivity contribution in [2.75, 3.05) is 20.2 Å². The Hall–Kier alpha value is -3.34. The molecule has 0 bridgehead atoms. The van der Waals surface area contributed by atoms with Gasteiger partial charge in [0.2, 0.25) is 11.8 Å². The van der Waals surface area contributed by atoms with Crippen LogP contribution in [0.4, 0.5) is 5.82 Å². The zero-order valence-electron chi connectivity index (χ0n) is 24.5. The predicted octanol–water partition coefficient (Wildman–Crippen LogP) is 3.44. The summed E-state index contributed by atoms with van der Waals surface area (Å²) < 4.78 is 6.17. The monoisotopic (exact) mass is 565 g/mol. The molecule has 2 aliphatic heterocycles. The van der Waals surface area contributed by atoms with Crippen molar-refractivity contribution in [3.63, 3.8) is 0 Å². The average molecular weight is 566 g/mol. The normalized spacial score (nSPS) is 28.7. The van der Waals surface area contributed by atoms with E-state index < -0.39 is 5.41 Å². The van der Waals surface area contributed by atoms with E-state index in [1.165, 1.54) is 6.21 Å². The van der Waals surface area contributed by atoms with Crippen LogP contribution in [0.5, 0.6) is 5.88 Å². The summed E-state index contributed by atoms with van der Waals surface area (Å²) in [5.74, 6) is 1.34. The summed E-state index contributed by atoms with van der Waals surface area (Å²) >= 11 is 0. The minimum Gasteiger partial charge on any atom is -0.476 e. The number of aliphatic imine (C=N–C) groups is 1. The Morgan fingerprint density at radius 1 is 1.27 bits per heavy atom. The maximum atomic E-state index is 13.1. The molecule has 1 aromatic rings. The van der Waals surface area contributed by atoms with E-state index in [4.69, 9.17) is 25.3 Å². The van der Waals surface area contributed by atoms with Gasteiger partial charge in [0.15, 0.2) is 11.6 Å². The number of nitrogens with one attached hydrogen (secondary N) is 1. The summed E-state index contributed by atoms with van der Waals surface area (Å²) in [5.41, 5.74) is 6.63. The first-order chi connectivity index (χ1) is 19.7. The number of Topliss-reactive ketones (excluding diaryl/α,β-unsaturated/α-hetero) is 1. The molecule has 1 saturated heterocycles. The van der Waals surface area contributed by atoms with Gasteiger partial charge in [0.1, 0.15) is 24.2 Å². The molecule has 3 fully saturated rings. The van der Waals surface area contributed by atoms with E-state index in [0.29, 0.717) is 53.8 Å². The van der Waals surface area contributed by atoms with Gasteiger partial charge in [0.05, 0.1) is 11.8 Å². The van der Waals surface area contributed by atoms with Crippen molar-refractivity contribution >= 4 is 29.4 Å². The summed E-state index contributed by atoms with van der Waals surface area (Å²) in [7, 11) is 2.11. The molecule has 41 heavy (non-hydrogen) atoms. The Balaban J connectivity index is 1.37. The number of fused-ring (bicyclic) bond motifs is 2. The number of carbonyl (C=O) groups excluding carboxylic acids is 2. The highest BCUT2D eigenvalue weighted by atomic mass is 16.6. The lowest BCUT2D eigenvalue weighted by molar-refractivity contribution is -0.148. The van der Waals surface area contributed by atoms with Crippen molar-refractivity contribution in [2.45, 2.75) is 96.2 Å². The van der Waals surface area contributed by atoms with Crippen LogP contribution in [0.15, 0.2) is 28.0 Å². The van der Waals surface area contributed by atoms with Crippen molar-refractivity contribution in [3.8, 4) is 5.88 Å². The number of nitrogens with two attached hydrogens (primary N) is 1. The van der Waals surface area contributed by atoms with Crippen LogP contribution in [0.1, 0.15) is 83.9 Å². The number of ketones is 1. The Kier molecular flexibility index (Phi) is 9.01. The van der Waals surface area contributed by atoms with Gasteiger partial charge in [-0.05, 0) is 72.0 Å². The maximum Gasteiger partial charge on any atom is 0.226 e. The second-order valence-electron chi connectivity index (χ2n) is 12.2. The van der Waals surface area contributed by atoms with Gasteiger partial charge in [-0.2, -0.15) is 4.98 Å². The molecule has 4 aliphatic rings. The molecule has 0 aromatic carbocycles. The van der Waals surface area contributed by atoms with Crippen molar-refractivity contribution in [1.82, 2.24) is 20.2 Å². The minimum absolute atomic E-state index is 0.0446. The number of nitrogens with zero attached hydrogens (tertiary/aromatic N) is 5. The summed E-state index contributed by atoms with van der Waals surface area (Å²) in [5, 5.41) is 7.30. The summed E-state index contributed by atoms with van der Waals surface area (Å²) in [6.45, 7) is 5.37. The van der Waals surface area contributed by atoms with Crippen molar-refractivity contribution in [2.24, 2.45) is 27.2 Å². The topological polar surface area (TPSA) is 144 Å². The van der Waals surface area contributed by atoms with E-state index in [-0.39, 0.29) is 30.4 Å². The molecule has 2 aliphatic carbocycles. The van der Waals surface area contributed by atoms with Gasteiger partial charge in [-0.1, -0.05) is 18.0 Å². The molecule has 1 aromatic heterocycles. The van der Waals surface area contributed by atoms with Gasteiger partial charge in [0, 0.05) is 42.4 Å². The van der Waals surface area contributed by atoms with Gasteiger partial charge < -0.3 is 25.5 Å². The Morgan fingerprint density at radius 3 is 2.85 bits per heavy atom. The summed E-state index contributed by atoms with van der Waals surface area (Å²) in [6.07, 6.45) is 11.3. The van der Waals surface area contributed by atoms with E-state index in [2.05, 4.69) is 27.4 Å². The predicted molar refractivity (Wildman–Crippen MR) is 156 cm³/mol. The third-order valence-corrected chi connectivity index (χ3v) is 8.82. The van der Waals surface area contributed by atoms with Crippen molar-refractivity contribution in [1.29, 1.82) is 0 Å². The molecule has 222 valence electrons. The first kappa shape index (κ1) is 29.2. The smallest absolute Gasteiger partial charge is 0.226 e. The van der Waals surface area contributed by atoms with Gasteiger partial charge >= 0.3 is 0 Å². The van der Waals surface area contributed by atoms with Crippen LogP contribution in [0.3, 0.4) is 0 Å². The fraction of sp³-hybridized carbons (Fsp3) is 0.667. The first-order valence-electron chi connectivity index (χ1n) is 15.0. The lowest BCUT2D eigenvalue weighted by Crippen LogP contribution is -2.51. The fourth-order valence-electron chi connectivity index (χ4n) is 6.70. The first-order valence-corrected chi connectivity index (χ1v) is 15.0. The molecule has 11 heteroatoms. The number of allylic oxidation sites excluding steroid dienone is 1. The average Bonchev–Trinajstić information content (AvgIpc) is 3.55. The van der Waals surface area contributed by atoms with Crippen LogP contribution in [-0.2, 0) is 14.4 Å². The second-order valence-corrected chi connectivity index (χ2v) is 12.2. The number of rotatable bonds is 9. The number of hydrogen-bond donors (Lipinski definition) is 2. The van der Waals surface area contributed by atoms with Crippen LogP contribution < -0.4 is 15.8 Å². The number of ether oxygens (including phenoxy) is 1. The summed E-state index contributed by atoms with van der Waals surface area (Å²) in [4.78, 5) is 47.4. The number of likely N-dealkylation sites (N-methyl/N-ethyl adjacent to an activating group) is 1. The number of aromatic nitrogens is 2. The van der Waals surface area contributed by atoms with Crippen molar-refractivity contribution < 1.29 is 19.2 Å². The lowest BCUT2D eigenvalue weighted by atomic mass is 9.59. The molecule has 2 saturated carbocycles. The zero-order valence-corrected chi connectivity index (χ0v) is 24.5. The zero-order chi connectivity index (χ0) is 29.0. The quantitative estimate of drug-likeness (QED) is 0.433. The number of hydrogen-bond acceptors (Lipinski definition) is 10. The third kappa shape index (κ3) is 6.60. The molecule has 5 rings (SSSR count). The molecule has 3 heterocycles. The van der Waals surface area contributed by atoms with Gasteiger partial charge in [0.25, 0.3) is 0 Å². The van der Waals surface area contributed by atoms with Gasteiger partial charge in [-0.25, -0.2) is 9.98 Å². The van der Waals surface area contributed by atoms with Gasteiger partial charge in [-0.3, -0.25) is 9.59 Å². The lowest BCUT2D eigenvalue weighted by Gasteiger charge is -2.44. The van der Waals surface area contributed by atoms with E-state index in [9.17, 15) is 9.59 Å². The van der Waals surface area contributed by atoms with E-state index >= 15 is 0 Å². The van der Waals surface area contributed by atoms with Gasteiger partial charge in [-0.15, -0.1) is 0 Å². The van der Waals surface area contributed by atoms with Crippen LogP contribution in [0.25, 0.3) is 0 Å². The number of carbonyl (C=O) groups is 2. The van der Waals surface area contributed by atoms with E-state index in [0.717, 1.165) is 57.9 Å². The number of amides is 1. The van der Waals surface area contributed by atoms with E-state index in [1.807, 2.05) is 13.8 Å². The third-order valence-electron chi connectivity index (χ3n) is 8.82. The second kappa shape index (κ2) is 12.7. The van der Waals surface area contributed by atoms with Crippen LogP contribution in [0, 0.1) is 11.3 Å². The molecule has 4 atom stereocenters.